The quantitative estimate of drug-likeness (QED) is 0.834. The van der Waals surface area contributed by atoms with Crippen molar-refractivity contribution >= 4 is 28.6 Å². The van der Waals surface area contributed by atoms with Gasteiger partial charge in [-0.2, -0.15) is 0 Å². The first-order valence-electron chi connectivity index (χ1n) is 5.36. The van der Waals surface area contributed by atoms with Gasteiger partial charge in [0, 0.05) is 6.20 Å². The van der Waals surface area contributed by atoms with Crippen LogP contribution in [0, 0.1) is 12.7 Å². The van der Waals surface area contributed by atoms with E-state index in [-0.39, 0.29) is 10.6 Å². The maximum absolute atomic E-state index is 13.7. The standard InChI is InChI=1S/C13H12FN3S/c1-8-10(6-3-7-16-8)17-11-5-2-4-9(14)12(11)13(15)18/h2-7,17H,1H3,(H2,15,18). The molecule has 18 heavy (non-hydrogen) atoms. The number of halogens is 1. The zero-order valence-corrected chi connectivity index (χ0v) is 10.6. The highest BCUT2D eigenvalue weighted by Crippen LogP contribution is 2.24. The monoisotopic (exact) mass is 261 g/mol. The molecule has 0 saturated heterocycles. The van der Waals surface area contributed by atoms with E-state index in [1.54, 1.807) is 24.4 Å². The molecule has 2 rings (SSSR count). The first kappa shape index (κ1) is 12.4. The Morgan fingerprint density at radius 3 is 2.67 bits per heavy atom. The Labute approximate surface area is 110 Å². The van der Waals surface area contributed by atoms with Gasteiger partial charge in [0.1, 0.15) is 10.8 Å². The summed E-state index contributed by atoms with van der Waals surface area (Å²) in [7, 11) is 0. The molecule has 0 radical (unpaired) electrons. The Morgan fingerprint density at radius 1 is 1.28 bits per heavy atom. The smallest absolute Gasteiger partial charge is 0.135 e. The third-order valence-corrected chi connectivity index (χ3v) is 2.74. The van der Waals surface area contributed by atoms with Crippen molar-refractivity contribution in [3.05, 3.63) is 53.6 Å². The van der Waals surface area contributed by atoms with E-state index in [2.05, 4.69) is 10.3 Å². The minimum Gasteiger partial charge on any atom is -0.389 e. The van der Waals surface area contributed by atoms with Gasteiger partial charge in [0.05, 0.1) is 22.6 Å². The summed E-state index contributed by atoms with van der Waals surface area (Å²) < 4.78 is 13.7. The molecule has 3 nitrogen and oxygen atoms in total. The second-order valence-corrected chi connectivity index (χ2v) is 4.23. The summed E-state index contributed by atoms with van der Waals surface area (Å²) in [5.74, 6) is -0.436. The summed E-state index contributed by atoms with van der Waals surface area (Å²) >= 11 is 4.87. The molecule has 0 aliphatic rings. The van der Waals surface area contributed by atoms with Crippen LogP contribution in [0.4, 0.5) is 15.8 Å². The van der Waals surface area contributed by atoms with Crippen LogP contribution in [0.3, 0.4) is 0 Å². The van der Waals surface area contributed by atoms with Crippen LogP contribution in [0.1, 0.15) is 11.3 Å². The third kappa shape index (κ3) is 2.46. The van der Waals surface area contributed by atoms with Gasteiger partial charge in [0.15, 0.2) is 0 Å². The highest BCUT2D eigenvalue weighted by atomic mass is 32.1. The van der Waals surface area contributed by atoms with E-state index in [1.807, 2.05) is 13.0 Å². The highest BCUT2D eigenvalue weighted by Gasteiger charge is 2.11. The van der Waals surface area contributed by atoms with Crippen LogP contribution in [0.2, 0.25) is 0 Å². The molecule has 1 heterocycles. The molecule has 0 atom stereocenters. The number of benzene rings is 1. The van der Waals surface area contributed by atoms with Crippen molar-refractivity contribution in [2.75, 3.05) is 5.32 Å². The minimum absolute atomic E-state index is 0.0251. The maximum atomic E-state index is 13.7. The lowest BCUT2D eigenvalue weighted by molar-refractivity contribution is 0.626. The lowest BCUT2D eigenvalue weighted by atomic mass is 10.1. The first-order chi connectivity index (χ1) is 8.59. The maximum Gasteiger partial charge on any atom is 0.135 e. The molecule has 92 valence electrons. The predicted octanol–water partition coefficient (Wildman–Crippen LogP) is 2.91. The van der Waals surface area contributed by atoms with E-state index in [4.69, 9.17) is 18.0 Å². The molecule has 0 aliphatic heterocycles. The van der Waals surface area contributed by atoms with E-state index < -0.39 is 5.82 Å². The molecule has 1 aromatic heterocycles. The largest absolute Gasteiger partial charge is 0.389 e. The zero-order chi connectivity index (χ0) is 13.1. The first-order valence-corrected chi connectivity index (χ1v) is 5.77. The Kier molecular flexibility index (Phi) is 3.53. The number of hydrogen-bond acceptors (Lipinski definition) is 3. The van der Waals surface area contributed by atoms with Crippen molar-refractivity contribution in [2.45, 2.75) is 6.92 Å². The molecule has 0 spiro atoms. The summed E-state index contributed by atoms with van der Waals surface area (Å²) in [6.45, 7) is 1.86. The Bertz CT molecular complexity index is 599. The van der Waals surface area contributed by atoms with Gasteiger partial charge < -0.3 is 11.1 Å². The summed E-state index contributed by atoms with van der Waals surface area (Å²) in [6.07, 6.45) is 1.70. The van der Waals surface area contributed by atoms with Gasteiger partial charge in [-0.25, -0.2) is 4.39 Å². The van der Waals surface area contributed by atoms with Crippen LogP contribution in [-0.4, -0.2) is 9.97 Å². The number of nitrogens with two attached hydrogens (primary N) is 1. The van der Waals surface area contributed by atoms with Crippen molar-refractivity contribution < 1.29 is 4.39 Å². The van der Waals surface area contributed by atoms with Crippen molar-refractivity contribution in [1.82, 2.24) is 4.98 Å². The lowest BCUT2D eigenvalue weighted by Crippen LogP contribution is -2.14. The average Bonchev–Trinajstić information content (AvgIpc) is 2.31. The van der Waals surface area contributed by atoms with E-state index in [9.17, 15) is 4.39 Å². The number of thiocarbonyl (C=S) groups is 1. The average molecular weight is 261 g/mol. The number of anilines is 2. The molecule has 0 bridgehead atoms. The van der Waals surface area contributed by atoms with Gasteiger partial charge in [0.25, 0.3) is 0 Å². The molecule has 3 N–H and O–H groups in total. The number of pyridine rings is 1. The van der Waals surface area contributed by atoms with Crippen LogP contribution < -0.4 is 11.1 Å². The van der Waals surface area contributed by atoms with Gasteiger partial charge in [-0.3, -0.25) is 4.98 Å². The van der Waals surface area contributed by atoms with Gasteiger partial charge in [-0.15, -0.1) is 0 Å². The molecule has 0 fully saturated rings. The number of nitrogens with one attached hydrogen (secondary N) is 1. The molecule has 2 aromatic rings. The predicted molar refractivity (Wildman–Crippen MR) is 74.5 cm³/mol. The Hall–Kier alpha value is -2.01. The molecule has 0 aliphatic carbocycles. The highest BCUT2D eigenvalue weighted by molar-refractivity contribution is 7.80. The molecular formula is C13H12FN3S. The van der Waals surface area contributed by atoms with E-state index in [1.165, 1.54) is 6.07 Å². The molecule has 0 unspecified atom stereocenters. The van der Waals surface area contributed by atoms with Crippen LogP contribution in [-0.2, 0) is 0 Å². The van der Waals surface area contributed by atoms with Crippen molar-refractivity contribution in [1.29, 1.82) is 0 Å². The second-order valence-electron chi connectivity index (χ2n) is 3.79. The van der Waals surface area contributed by atoms with Gasteiger partial charge in [-0.1, -0.05) is 18.3 Å². The van der Waals surface area contributed by atoms with Gasteiger partial charge in [0.2, 0.25) is 0 Å². The fraction of sp³-hybridized carbons (Fsp3) is 0.0769. The van der Waals surface area contributed by atoms with E-state index >= 15 is 0 Å². The number of nitrogens with zero attached hydrogens (tertiary/aromatic N) is 1. The third-order valence-electron chi connectivity index (χ3n) is 2.54. The van der Waals surface area contributed by atoms with Crippen molar-refractivity contribution in [2.24, 2.45) is 5.73 Å². The number of aromatic nitrogens is 1. The Balaban J connectivity index is 2.44. The van der Waals surface area contributed by atoms with Crippen LogP contribution in [0.15, 0.2) is 36.5 Å². The fourth-order valence-electron chi connectivity index (χ4n) is 1.64. The van der Waals surface area contributed by atoms with Crippen LogP contribution in [0.25, 0.3) is 0 Å². The van der Waals surface area contributed by atoms with Gasteiger partial charge in [-0.05, 0) is 31.2 Å². The van der Waals surface area contributed by atoms with Gasteiger partial charge >= 0.3 is 0 Å². The number of hydrogen-bond donors (Lipinski definition) is 2. The Morgan fingerprint density at radius 2 is 2.00 bits per heavy atom. The molecule has 0 saturated carbocycles. The summed E-state index contributed by atoms with van der Waals surface area (Å²) in [5.41, 5.74) is 7.91. The molecule has 1 aromatic carbocycles. The summed E-state index contributed by atoms with van der Waals surface area (Å²) in [6, 6.07) is 8.32. The molecule has 5 heteroatoms. The van der Waals surface area contributed by atoms with Crippen LogP contribution >= 0.6 is 12.2 Å². The lowest BCUT2D eigenvalue weighted by Gasteiger charge is -2.13. The van der Waals surface area contributed by atoms with Crippen molar-refractivity contribution in [3.8, 4) is 0 Å². The van der Waals surface area contributed by atoms with Crippen molar-refractivity contribution in [3.63, 3.8) is 0 Å². The zero-order valence-electron chi connectivity index (χ0n) is 9.77. The fourth-order valence-corrected chi connectivity index (χ4v) is 1.85. The van der Waals surface area contributed by atoms with Crippen LogP contribution in [0.5, 0.6) is 0 Å². The molecular weight excluding hydrogens is 249 g/mol. The SMILES string of the molecule is Cc1ncccc1Nc1cccc(F)c1C(N)=S. The number of aryl methyl sites for hydroxylation is 1. The second kappa shape index (κ2) is 5.10. The minimum atomic E-state index is -0.436. The normalized spacial score (nSPS) is 10.1. The number of rotatable bonds is 3. The van der Waals surface area contributed by atoms with E-state index in [0.717, 1.165) is 11.4 Å². The molecule has 0 amide bonds. The summed E-state index contributed by atoms with van der Waals surface area (Å²) in [5, 5.41) is 3.09. The summed E-state index contributed by atoms with van der Waals surface area (Å²) in [4.78, 5) is 4.18. The van der Waals surface area contributed by atoms with E-state index in [0.29, 0.717) is 5.69 Å². The topological polar surface area (TPSA) is 50.9 Å².